The van der Waals surface area contributed by atoms with Crippen LogP contribution in [-0.4, -0.2) is 12.9 Å². The van der Waals surface area contributed by atoms with Gasteiger partial charge in [-0.3, -0.25) is 4.79 Å². The van der Waals surface area contributed by atoms with Gasteiger partial charge in [-0.25, -0.2) is 4.39 Å². The van der Waals surface area contributed by atoms with Gasteiger partial charge in [0.05, 0.1) is 6.61 Å². The van der Waals surface area contributed by atoms with Crippen LogP contribution in [0.5, 0.6) is 5.75 Å². The minimum atomic E-state index is -0.190. The second-order valence-electron chi connectivity index (χ2n) is 6.14. The standard InChI is InChI=1S/C22H21FO2S/c23-19-10-7-17(8-11-19)5-2-1-3-13-25-21-12-9-18(16-24)15-20(21)22-6-4-14-26-22/h4,6-12,14-16H,1-3,5,13H2. The molecule has 0 bridgehead atoms. The van der Waals surface area contributed by atoms with Crippen molar-refractivity contribution < 1.29 is 13.9 Å². The first-order chi connectivity index (χ1) is 12.8. The minimum Gasteiger partial charge on any atom is -0.493 e. The third kappa shape index (κ3) is 5.02. The zero-order chi connectivity index (χ0) is 18.2. The Hall–Kier alpha value is -2.46. The smallest absolute Gasteiger partial charge is 0.150 e. The molecule has 0 radical (unpaired) electrons. The summed E-state index contributed by atoms with van der Waals surface area (Å²) < 4.78 is 18.9. The number of aryl methyl sites for hydroxylation is 1. The molecule has 1 aromatic heterocycles. The molecule has 0 atom stereocenters. The summed E-state index contributed by atoms with van der Waals surface area (Å²) in [6.07, 6.45) is 4.88. The molecule has 3 aromatic rings. The van der Waals surface area contributed by atoms with Crippen molar-refractivity contribution in [3.05, 3.63) is 76.9 Å². The largest absolute Gasteiger partial charge is 0.493 e. The first-order valence-electron chi connectivity index (χ1n) is 8.76. The zero-order valence-corrected chi connectivity index (χ0v) is 15.3. The first-order valence-corrected chi connectivity index (χ1v) is 9.64. The summed E-state index contributed by atoms with van der Waals surface area (Å²) in [7, 11) is 0. The number of rotatable bonds is 9. The number of halogens is 1. The lowest BCUT2D eigenvalue weighted by molar-refractivity contribution is 0.112. The number of carbonyl (C=O) groups is 1. The average Bonchev–Trinajstić information content (AvgIpc) is 3.20. The van der Waals surface area contributed by atoms with Gasteiger partial charge in [0.2, 0.25) is 0 Å². The Labute approximate surface area is 157 Å². The second-order valence-corrected chi connectivity index (χ2v) is 7.08. The highest BCUT2D eigenvalue weighted by Gasteiger charge is 2.09. The number of hydrogen-bond acceptors (Lipinski definition) is 3. The molecule has 0 aliphatic carbocycles. The van der Waals surface area contributed by atoms with Gasteiger partial charge < -0.3 is 4.74 Å². The van der Waals surface area contributed by atoms with Crippen molar-refractivity contribution >= 4 is 17.6 Å². The molecule has 0 amide bonds. The molecule has 134 valence electrons. The fourth-order valence-corrected chi connectivity index (χ4v) is 3.56. The highest BCUT2D eigenvalue weighted by atomic mass is 32.1. The predicted octanol–water partition coefficient (Wildman–Crippen LogP) is 6.16. The lowest BCUT2D eigenvalue weighted by Crippen LogP contribution is -1.99. The molecule has 26 heavy (non-hydrogen) atoms. The highest BCUT2D eigenvalue weighted by molar-refractivity contribution is 7.13. The molecule has 2 nitrogen and oxygen atoms in total. The Kier molecular flexibility index (Phi) is 6.56. The van der Waals surface area contributed by atoms with Crippen LogP contribution < -0.4 is 4.74 Å². The van der Waals surface area contributed by atoms with E-state index in [1.807, 2.05) is 41.8 Å². The summed E-state index contributed by atoms with van der Waals surface area (Å²) in [6.45, 7) is 0.641. The van der Waals surface area contributed by atoms with Gasteiger partial charge in [0.1, 0.15) is 17.9 Å². The Balaban J connectivity index is 1.49. The van der Waals surface area contributed by atoms with Crippen LogP contribution in [0.1, 0.15) is 35.2 Å². The van der Waals surface area contributed by atoms with Gasteiger partial charge in [0.25, 0.3) is 0 Å². The van der Waals surface area contributed by atoms with Gasteiger partial charge >= 0.3 is 0 Å². The monoisotopic (exact) mass is 368 g/mol. The van der Waals surface area contributed by atoms with E-state index in [0.717, 1.165) is 53.7 Å². The van der Waals surface area contributed by atoms with E-state index < -0.39 is 0 Å². The van der Waals surface area contributed by atoms with Gasteiger partial charge in [-0.2, -0.15) is 0 Å². The van der Waals surface area contributed by atoms with Crippen molar-refractivity contribution in [2.24, 2.45) is 0 Å². The minimum absolute atomic E-state index is 0.190. The summed E-state index contributed by atoms with van der Waals surface area (Å²) in [5.74, 6) is 0.626. The van der Waals surface area contributed by atoms with E-state index in [-0.39, 0.29) is 5.82 Å². The maximum absolute atomic E-state index is 12.9. The van der Waals surface area contributed by atoms with E-state index in [1.165, 1.54) is 12.1 Å². The Morgan fingerprint density at radius 3 is 2.58 bits per heavy atom. The van der Waals surface area contributed by atoms with Crippen LogP contribution in [-0.2, 0) is 6.42 Å². The van der Waals surface area contributed by atoms with Crippen molar-refractivity contribution in [3.8, 4) is 16.2 Å². The first kappa shape index (κ1) is 18.3. The summed E-state index contributed by atoms with van der Waals surface area (Å²) in [5.41, 5.74) is 2.78. The van der Waals surface area contributed by atoms with E-state index in [4.69, 9.17) is 4.74 Å². The van der Waals surface area contributed by atoms with Crippen LogP contribution in [0.25, 0.3) is 10.4 Å². The highest BCUT2D eigenvalue weighted by Crippen LogP contribution is 2.34. The average molecular weight is 368 g/mol. The van der Waals surface area contributed by atoms with E-state index in [0.29, 0.717) is 12.2 Å². The van der Waals surface area contributed by atoms with Gasteiger partial charge in [0.15, 0.2) is 0 Å². The van der Waals surface area contributed by atoms with Gasteiger partial charge in [-0.15, -0.1) is 11.3 Å². The number of carbonyl (C=O) groups excluding carboxylic acids is 1. The summed E-state index contributed by atoms with van der Waals surface area (Å²) >= 11 is 1.63. The van der Waals surface area contributed by atoms with Crippen molar-refractivity contribution in [2.45, 2.75) is 25.7 Å². The van der Waals surface area contributed by atoms with E-state index in [9.17, 15) is 9.18 Å². The van der Waals surface area contributed by atoms with Crippen LogP contribution in [0.15, 0.2) is 60.0 Å². The van der Waals surface area contributed by atoms with E-state index >= 15 is 0 Å². The van der Waals surface area contributed by atoms with Crippen LogP contribution in [0.4, 0.5) is 4.39 Å². The van der Waals surface area contributed by atoms with Crippen molar-refractivity contribution in [3.63, 3.8) is 0 Å². The molecule has 0 aliphatic heterocycles. The maximum Gasteiger partial charge on any atom is 0.150 e. The van der Waals surface area contributed by atoms with Gasteiger partial charge in [0, 0.05) is 16.0 Å². The SMILES string of the molecule is O=Cc1ccc(OCCCCCc2ccc(F)cc2)c(-c2cccs2)c1. The zero-order valence-electron chi connectivity index (χ0n) is 14.5. The number of thiophene rings is 1. The summed E-state index contributed by atoms with van der Waals surface area (Å²) in [5, 5.41) is 2.02. The molecule has 2 aromatic carbocycles. The van der Waals surface area contributed by atoms with Crippen molar-refractivity contribution in [2.75, 3.05) is 6.61 Å². The molecule has 0 N–H and O–H groups in total. The maximum atomic E-state index is 12.9. The molecule has 3 rings (SSSR count). The number of ether oxygens (including phenoxy) is 1. The predicted molar refractivity (Wildman–Crippen MR) is 105 cm³/mol. The van der Waals surface area contributed by atoms with E-state index in [2.05, 4.69) is 0 Å². The van der Waals surface area contributed by atoms with Crippen molar-refractivity contribution in [1.82, 2.24) is 0 Å². The quantitative estimate of drug-likeness (QED) is 0.334. The number of unbranched alkanes of at least 4 members (excludes halogenated alkanes) is 2. The van der Waals surface area contributed by atoms with Gasteiger partial charge in [-0.1, -0.05) is 18.2 Å². The second kappa shape index (κ2) is 9.30. The number of benzene rings is 2. The molecule has 0 saturated heterocycles. The summed E-state index contributed by atoms with van der Waals surface area (Å²) in [6, 6.07) is 16.3. The molecular weight excluding hydrogens is 347 g/mol. The molecule has 0 fully saturated rings. The lowest BCUT2D eigenvalue weighted by Gasteiger charge is -2.11. The number of aldehydes is 1. The Bertz CT molecular complexity index is 826. The fourth-order valence-electron chi connectivity index (χ4n) is 2.81. The lowest BCUT2D eigenvalue weighted by atomic mass is 10.1. The van der Waals surface area contributed by atoms with E-state index in [1.54, 1.807) is 17.4 Å². The molecule has 0 saturated carbocycles. The molecule has 4 heteroatoms. The molecule has 0 aliphatic rings. The van der Waals surface area contributed by atoms with Crippen LogP contribution in [0, 0.1) is 5.82 Å². The molecule has 0 unspecified atom stereocenters. The molecule has 1 heterocycles. The van der Waals surface area contributed by atoms with Crippen LogP contribution >= 0.6 is 11.3 Å². The fraction of sp³-hybridized carbons (Fsp3) is 0.227. The third-order valence-electron chi connectivity index (χ3n) is 4.21. The van der Waals surface area contributed by atoms with Crippen molar-refractivity contribution in [1.29, 1.82) is 0 Å². The molecular formula is C22H21FO2S. The normalized spacial score (nSPS) is 10.7. The number of hydrogen-bond donors (Lipinski definition) is 0. The Morgan fingerprint density at radius 2 is 1.85 bits per heavy atom. The van der Waals surface area contributed by atoms with Gasteiger partial charge in [-0.05, 0) is 73.0 Å². The summed E-state index contributed by atoms with van der Waals surface area (Å²) in [4.78, 5) is 12.1. The van der Waals surface area contributed by atoms with Crippen LogP contribution in [0.2, 0.25) is 0 Å². The molecule has 0 spiro atoms. The topological polar surface area (TPSA) is 26.3 Å². The third-order valence-corrected chi connectivity index (χ3v) is 5.11. The van der Waals surface area contributed by atoms with Crippen LogP contribution in [0.3, 0.4) is 0 Å². The Morgan fingerprint density at radius 1 is 1.00 bits per heavy atom.